The Morgan fingerprint density at radius 3 is 2.63 bits per heavy atom. The number of aromatic hydroxyl groups is 1. The summed E-state index contributed by atoms with van der Waals surface area (Å²) in [4.78, 5) is 15.5. The van der Waals surface area contributed by atoms with Crippen LogP contribution in [0.15, 0.2) is 36.1 Å². The van der Waals surface area contributed by atoms with Crippen LogP contribution in [0.1, 0.15) is 78.6 Å². The molecule has 1 saturated heterocycles. The van der Waals surface area contributed by atoms with Crippen LogP contribution in [0.5, 0.6) is 11.5 Å². The van der Waals surface area contributed by atoms with Crippen molar-refractivity contribution in [2.24, 2.45) is 0 Å². The van der Waals surface area contributed by atoms with Gasteiger partial charge in [-0.3, -0.25) is 9.69 Å². The summed E-state index contributed by atoms with van der Waals surface area (Å²) in [5.74, 6) is 1.41. The van der Waals surface area contributed by atoms with Gasteiger partial charge in [0, 0.05) is 12.6 Å². The quantitative estimate of drug-likeness (QED) is 0.652. The van der Waals surface area contributed by atoms with Gasteiger partial charge in [-0.15, -0.1) is 0 Å². The van der Waals surface area contributed by atoms with Crippen molar-refractivity contribution in [2.45, 2.75) is 65.5 Å². The van der Waals surface area contributed by atoms with E-state index in [-0.39, 0.29) is 11.5 Å². The van der Waals surface area contributed by atoms with E-state index >= 15 is 0 Å². The first-order valence-electron chi connectivity index (χ1n) is 11.0. The molecule has 1 atom stereocenters. The lowest BCUT2D eigenvalue weighted by Crippen LogP contribution is -2.36. The van der Waals surface area contributed by atoms with Crippen LogP contribution in [-0.2, 0) is 6.54 Å². The number of ketones is 1. The molecule has 0 radical (unpaired) electrons. The molecule has 4 nitrogen and oxygen atoms in total. The second kappa shape index (κ2) is 8.27. The highest BCUT2D eigenvalue weighted by molar-refractivity contribution is 6.15. The van der Waals surface area contributed by atoms with Crippen LogP contribution in [0.4, 0.5) is 0 Å². The molecule has 0 aromatic heterocycles. The van der Waals surface area contributed by atoms with Crippen LogP contribution in [0.2, 0.25) is 0 Å². The van der Waals surface area contributed by atoms with E-state index < -0.39 is 0 Å². The number of aryl methyl sites for hydroxylation is 1. The Kier molecular flexibility index (Phi) is 5.70. The van der Waals surface area contributed by atoms with Gasteiger partial charge in [-0.25, -0.2) is 0 Å². The van der Waals surface area contributed by atoms with Crippen LogP contribution in [0.3, 0.4) is 0 Å². The fourth-order valence-electron chi connectivity index (χ4n) is 4.46. The van der Waals surface area contributed by atoms with Crippen molar-refractivity contribution in [1.82, 2.24) is 4.90 Å². The van der Waals surface area contributed by atoms with Gasteiger partial charge in [0.1, 0.15) is 11.5 Å². The summed E-state index contributed by atoms with van der Waals surface area (Å²) in [7, 11) is 0. The van der Waals surface area contributed by atoms with Crippen molar-refractivity contribution in [2.75, 3.05) is 6.54 Å². The van der Waals surface area contributed by atoms with Crippen LogP contribution >= 0.6 is 0 Å². The van der Waals surface area contributed by atoms with E-state index in [1.807, 2.05) is 19.1 Å². The maximum Gasteiger partial charge on any atom is 0.232 e. The lowest BCUT2D eigenvalue weighted by Gasteiger charge is -2.33. The SMILES string of the molecule is Cc1cc(O)c(CN2CCCCC2C)c2c1C(=O)/C(=C/c1ccc(C(C)C)cc1)O2. The normalized spacial score (nSPS) is 20.6. The average Bonchev–Trinajstić information content (AvgIpc) is 3.03. The Hall–Kier alpha value is -2.59. The minimum atomic E-state index is -0.108. The van der Waals surface area contributed by atoms with Gasteiger partial charge in [0.2, 0.25) is 5.78 Å². The predicted octanol–water partition coefficient (Wildman–Crippen LogP) is 5.81. The third kappa shape index (κ3) is 3.89. The maximum atomic E-state index is 13.1. The number of carbonyl (C=O) groups excluding carboxylic acids is 1. The highest BCUT2D eigenvalue weighted by Crippen LogP contribution is 2.42. The van der Waals surface area contributed by atoms with Gasteiger partial charge in [0.25, 0.3) is 0 Å². The fraction of sp³-hybridized carbons (Fsp3) is 0.423. The van der Waals surface area contributed by atoms with E-state index in [1.54, 1.807) is 12.1 Å². The fourth-order valence-corrected chi connectivity index (χ4v) is 4.46. The van der Waals surface area contributed by atoms with Crippen LogP contribution in [0.25, 0.3) is 6.08 Å². The third-order valence-electron chi connectivity index (χ3n) is 6.42. The molecule has 0 aliphatic carbocycles. The molecule has 158 valence electrons. The molecule has 2 aromatic rings. The highest BCUT2D eigenvalue weighted by Gasteiger charge is 2.34. The van der Waals surface area contributed by atoms with Crippen molar-refractivity contribution >= 4 is 11.9 Å². The molecule has 0 spiro atoms. The van der Waals surface area contributed by atoms with Gasteiger partial charge < -0.3 is 9.84 Å². The number of carbonyl (C=O) groups is 1. The smallest absolute Gasteiger partial charge is 0.232 e. The Bertz CT molecular complexity index is 988. The zero-order valence-electron chi connectivity index (χ0n) is 18.4. The van der Waals surface area contributed by atoms with Crippen molar-refractivity contribution in [3.05, 3.63) is 63.9 Å². The highest BCUT2D eigenvalue weighted by atomic mass is 16.5. The molecule has 2 aliphatic rings. The molecule has 2 heterocycles. The molecule has 1 unspecified atom stereocenters. The number of nitrogens with zero attached hydrogens (tertiary/aromatic N) is 1. The van der Waals surface area contributed by atoms with E-state index in [2.05, 4.69) is 37.8 Å². The number of ether oxygens (including phenoxy) is 1. The number of phenols is 1. The molecule has 4 heteroatoms. The molecule has 1 fully saturated rings. The second-order valence-corrected chi connectivity index (χ2v) is 8.97. The first-order valence-corrected chi connectivity index (χ1v) is 11.0. The number of phenolic OH excluding ortho intramolecular Hbond substituents is 1. The predicted molar refractivity (Wildman–Crippen MR) is 120 cm³/mol. The van der Waals surface area contributed by atoms with E-state index in [4.69, 9.17) is 4.74 Å². The van der Waals surface area contributed by atoms with E-state index in [1.165, 1.54) is 12.0 Å². The number of hydrogen-bond donors (Lipinski definition) is 1. The summed E-state index contributed by atoms with van der Waals surface area (Å²) in [6.45, 7) is 10.00. The molecule has 0 amide bonds. The second-order valence-electron chi connectivity index (χ2n) is 8.97. The lowest BCUT2D eigenvalue weighted by atomic mass is 9.97. The first-order chi connectivity index (χ1) is 14.3. The minimum absolute atomic E-state index is 0.108. The molecule has 0 bridgehead atoms. The molecule has 2 aliphatic heterocycles. The first kappa shape index (κ1) is 20.7. The Balaban J connectivity index is 1.66. The Labute approximate surface area is 179 Å². The Morgan fingerprint density at radius 2 is 1.97 bits per heavy atom. The van der Waals surface area contributed by atoms with Gasteiger partial charge in [0.15, 0.2) is 5.76 Å². The zero-order valence-corrected chi connectivity index (χ0v) is 18.4. The Morgan fingerprint density at radius 1 is 1.23 bits per heavy atom. The zero-order chi connectivity index (χ0) is 21.4. The molecular weight excluding hydrogens is 374 g/mol. The number of hydrogen-bond acceptors (Lipinski definition) is 4. The molecular formula is C26H31NO3. The number of rotatable bonds is 4. The summed E-state index contributed by atoms with van der Waals surface area (Å²) in [5.41, 5.74) is 4.25. The molecule has 0 saturated carbocycles. The lowest BCUT2D eigenvalue weighted by molar-refractivity contribution is 0.101. The summed E-state index contributed by atoms with van der Waals surface area (Å²) in [6.07, 6.45) is 5.37. The monoisotopic (exact) mass is 405 g/mol. The van der Waals surface area contributed by atoms with Crippen molar-refractivity contribution in [3.63, 3.8) is 0 Å². The van der Waals surface area contributed by atoms with E-state index in [0.717, 1.165) is 36.1 Å². The van der Waals surface area contributed by atoms with Crippen molar-refractivity contribution in [1.29, 1.82) is 0 Å². The number of benzene rings is 2. The summed E-state index contributed by atoms with van der Waals surface area (Å²) in [5, 5.41) is 10.7. The van der Waals surface area contributed by atoms with Gasteiger partial charge in [0.05, 0.1) is 11.1 Å². The summed E-state index contributed by atoms with van der Waals surface area (Å²) < 4.78 is 6.10. The van der Waals surface area contributed by atoms with Gasteiger partial charge in [-0.1, -0.05) is 44.5 Å². The number of piperidine rings is 1. The number of allylic oxidation sites excluding steroid dienone is 1. The molecule has 1 N–H and O–H groups in total. The molecule has 4 rings (SSSR count). The topological polar surface area (TPSA) is 49.8 Å². The van der Waals surface area contributed by atoms with Gasteiger partial charge >= 0.3 is 0 Å². The number of fused-ring (bicyclic) bond motifs is 1. The minimum Gasteiger partial charge on any atom is -0.507 e. The molecule has 30 heavy (non-hydrogen) atoms. The summed E-state index contributed by atoms with van der Waals surface area (Å²) in [6, 6.07) is 10.4. The largest absolute Gasteiger partial charge is 0.507 e. The van der Waals surface area contributed by atoms with Crippen LogP contribution in [0, 0.1) is 6.92 Å². The van der Waals surface area contributed by atoms with Gasteiger partial charge in [-0.05, 0) is 68.0 Å². The number of Topliss-reactive ketones (excluding diaryl/α,β-unsaturated/α-hetero) is 1. The van der Waals surface area contributed by atoms with Crippen molar-refractivity contribution in [3.8, 4) is 11.5 Å². The number of likely N-dealkylation sites (tertiary alicyclic amines) is 1. The standard InChI is InChI=1S/C26H31NO3/c1-16(2)20-10-8-19(9-11-20)14-23-25(29)24-17(3)13-22(28)21(26(24)30-23)15-27-12-6-5-7-18(27)4/h8-11,13-14,16,18,28H,5-7,12,15H2,1-4H3/b23-14-. The third-order valence-corrected chi connectivity index (χ3v) is 6.42. The van der Waals surface area contributed by atoms with E-state index in [0.29, 0.717) is 35.6 Å². The van der Waals surface area contributed by atoms with Crippen molar-refractivity contribution < 1.29 is 14.6 Å². The van der Waals surface area contributed by atoms with Gasteiger partial charge in [-0.2, -0.15) is 0 Å². The van der Waals surface area contributed by atoms with Crippen LogP contribution in [-0.4, -0.2) is 28.4 Å². The maximum absolute atomic E-state index is 13.1. The average molecular weight is 406 g/mol. The van der Waals surface area contributed by atoms with Crippen LogP contribution < -0.4 is 4.74 Å². The summed E-state index contributed by atoms with van der Waals surface area (Å²) >= 11 is 0. The van der Waals surface area contributed by atoms with E-state index in [9.17, 15) is 9.90 Å². The molecule has 2 aromatic carbocycles.